The van der Waals surface area contributed by atoms with Gasteiger partial charge in [0.1, 0.15) is 6.61 Å². The fraction of sp³-hybridized carbons (Fsp3) is 0.316. The van der Waals surface area contributed by atoms with Crippen LogP contribution in [0.25, 0.3) is 0 Å². The highest BCUT2D eigenvalue weighted by atomic mass is 16.6. The van der Waals surface area contributed by atoms with E-state index in [1.807, 2.05) is 30.3 Å². The molecule has 2 aromatic rings. The Kier molecular flexibility index (Phi) is 5.59. The maximum absolute atomic E-state index is 12.0. The molecule has 0 saturated carbocycles. The fourth-order valence-corrected chi connectivity index (χ4v) is 2.18. The summed E-state index contributed by atoms with van der Waals surface area (Å²) in [6.07, 6.45) is -0.309. The molecule has 0 spiro atoms. The van der Waals surface area contributed by atoms with Crippen molar-refractivity contribution in [2.45, 2.75) is 32.9 Å². The molecular formula is C19H23NO2. The quantitative estimate of drug-likeness (QED) is 0.808. The van der Waals surface area contributed by atoms with Crippen molar-refractivity contribution in [3.63, 3.8) is 0 Å². The van der Waals surface area contributed by atoms with Gasteiger partial charge in [-0.1, -0.05) is 68.4 Å². The van der Waals surface area contributed by atoms with E-state index < -0.39 is 0 Å². The number of carbonyl (C=O) groups excluding carboxylic acids is 1. The number of nitrogens with zero attached hydrogens (tertiary/aromatic N) is 1. The van der Waals surface area contributed by atoms with Gasteiger partial charge in [0.15, 0.2) is 0 Å². The highest BCUT2D eigenvalue weighted by Crippen LogP contribution is 2.15. The minimum Gasteiger partial charge on any atom is -0.445 e. The molecule has 1 amide bonds. The van der Waals surface area contributed by atoms with E-state index >= 15 is 0 Å². The molecule has 3 nitrogen and oxygen atoms in total. The van der Waals surface area contributed by atoms with Gasteiger partial charge in [0.25, 0.3) is 0 Å². The molecule has 0 fully saturated rings. The number of ether oxygens (including phenoxy) is 1. The molecule has 0 saturated heterocycles. The van der Waals surface area contributed by atoms with E-state index in [1.165, 1.54) is 5.56 Å². The van der Waals surface area contributed by atoms with E-state index in [0.717, 1.165) is 11.1 Å². The number of carbonyl (C=O) groups is 1. The molecule has 2 rings (SSSR count). The Balaban J connectivity index is 1.85. The van der Waals surface area contributed by atoms with Gasteiger partial charge < -0.3 is 9.64 Å². The number of benzene rings is 2. The molecule has 0 heterocycles. The zero-order valence-electron chi connectivity index (χ0n) is 13.5. The zero-order chi connectivity index (χ0) is 15.9. The van der Waals surface area contributed by atoms with Gasteiger partial charge in [-0.05, 0) is 22.6 Å². The summed E-state index contributed by atoms with van der Waals surface area (Å²) in [5.74, 6) is 0.516. The van der Waals surface area contributed by atoms with Gasteiger partial charge >= 0.3 is 6.09 Å². The molecule has 0 radical (unpaired) electrons. The third kappa shape index (κ3) is 4.62. The Hall–Kier alpha value is -2.29. The first-order valence-corrected chi connectivity index (χ1v) is 7.57. The van der Waals surface area contributed by atoms with Gasteiger partial charge in [-0.15, -0.1) is 0 Å². The summed E-state index contributed by atoms with van der Waals surface area (Å²) in [5.41, 5.74) is 3.40. The van der Waals surface area contributed by atoms with Crippen molar-refractivity contribution < 1.29 is 9.53 Å². The molecule has 0 aromatic heterocycles. The molecule has 0 unspecified atom stereocenters. The smallest absolute Gasteiger partial charge is 0.410 e. The number of amides is 1. The monoisotopic (exact) mass is 297 g/mol. The number of hydrogen-bond acceptors (Lipinski definition) is 2. The third-order valence-corrected chi connectivity index (χ3v) is 3.58. The van der Waals surface area contributed by atoms with Crippen LogP contribution < -0.4 is 0 Å². The van der Waals surface area contributed by atoms with Crippen molar-refractivity contribution in [2.75, 3.05) is 7.05 Å². The Bertz CT molecular complexity index is 591. The Morgan fingerprint density at radius 2 is 1.64 bits per heavy atom. The van der Waals surface area contributed by atoms with Crippen molar-refractivity contribution in [3.8, 4) is 0 Å². The molecule has 0 aliphatic heterocycles. The van der Waals surface area contributed by atoms with Crippen LogP contribution in [0.5, 0.6) is 0 Å². The summed E-state index contributed by atoms with van der Waals surface area (Å²) in [7, 11) is 1.75. The minimum absolute atomic E-state index is 0.302. The van der Waals surface area contributed by atoms with Crippen LogP contribution >= 0.6 is 0 Å². The third-order valence-electron chi connectivity index (χ3n) is 3.58. The van der Waals surface area contributed by atoms with E-state index in [-0.39, 0.29) is 6.09 Å². The predicted molar refractivity (Wildman–Crippen MR) is 88.6 cm³/mol. The van der Waals surface area contributed by atoms with Crippen LogP contribution in [0.1, 0.15) is 36.5 Å². The van der Waals surface area contributed by atoms with Crippen molar-refractivity contribution in [2.24, 2.45) is 0 Å². The normalized spacial score (nSPS) is 10.5. The van der Waals surface area contributed by atoms with Crippen molar-refractivity contribution in [1.29, 1.82) is 0 Å². The van der Waals surface area contributed by atoms with Crippen LogP contribution in [-0.2, 0) is 17.9 Å². The first kappa shape index (κ1) is 16.1. The highest BCUT2D eigenvalue weighted by molar-refractivity contribution is 5.67. The van der Waals surface area contributed by atoms with Crippen LogP contribution in [0.3, 0.4) is 0 Å². The van der Waals surface area contributed by atoms with Crippen LogP contribution in [0.4, 0.5) is 4.79 Å². The molecule has 2 aromatic carbocycles. The van der Waals surface area contributed by atoms with E-state index in [0.29, 0.717) is 19.1 Å². The summed E-state index contributed by atoms with van der Waals surface area (Å²) >= 11 is 0. The van der Waals surface area contributed by atoms with Crippen molar-refractivity contribution in [1.82, 2.24) is 4.90 Å². The summed E-state index contributed by atoms with van der Waals surface area (Å²) < 4.78 is 5.31. The van der Waals surface area contributed by atoms with E-state index in [4.69, 9.17) is 4.74 Å². The van der Waals surface area contributed by atoms with E-state index in [9.17, 15) is 4.79 Å². The lowest BCUT2D eigenvalue weighted by molar-refractivity contribution is 0.103. The molecule has 0 N–H and O–H groups in total. The Morgan fingerprint density at radius 3 is 2.23 bits per heavy atom. The summed E-state index contributed by atoms with van der Waals surface area (Å²) in [6, 6.07) is 18.1. The van der Waals surface area contributed by atoms with Crippen LogP contribution in [0.15, 0.2) is 54.6 Å². The standard InChI is InChI=1S/C19H23NO2/c1-15(2)18-11-9-16(10-12-18)13-20(3)19(21)22-14-17-7-5-4-6-8-17/h4-12,15H,13-14H2,1-3H3. The second-order valence-electron chi connectivity index (χ2n) is 5.79. The second-order valence-corrected chi connectivity index (χ2v) is 5.79. The number of rotatable bonds is 5. The molecule has 3 heteroatoms. The number of hydrogen-bond donors (Lipinski definition) is 0. The average molecular weight is 297 g/mol. The summed E-state index contributed by atoms with van der Waals surface area (Å²) in [4.78, 5) is 13.6. The molecule has 0 aliphatic carbocycles. The van der Waals surface area contributed by atoms with Crippen LogP contribution in [0.2, 0.25) is 0 Å². The Labute approximate surface area is 132 Å². The average Bonchev–Trinajstić information content (AvgIpc) is 2.54. The molecule has 0 aliphatic rings. The maximum atomic E-state index is 12.0. The minimum atomic E-state index is -0.309. The van der Waals surface area contributed by atoms with Gasteiger partial charge in [-0.2, -0.15) is 0 Å². The van der Waals surface area contributed by atoms with Gasteiger partial charge in [0.2, 0.25) is 0 Å². The SMILES string of the molecule is CC(C)c1ccc(CN(C)C(=O)OCc2ccccc2)cc1. The molecule has 22 heavy (non-hydrogen) atoms. The lowest BCUT2D eigenvalue weighted by atomic mass is 10.0. The van der Waals surface area contributed by atoms with Crippen LogP contribution in [0, 0.1) is 0 Å². The van der Waals surface area contributed by atoms with Gasteiger partial charge in [-0.3, -0.25) is 0 Å². The van der Waals surface area contributed by atoms with Gasteiger partial charge in [0, 0.05) is 13.6 Å². The van der Waals surface area contributed by atoms with Gasteiger partial charge in [-0.25, -0.2) is 4.79 Å². The van der Waals surface area contributed by atoms with Crippen molar-refractivity contribution in [3.05, 3.63) is 71.3 Å². The van der Waals surface area contributed by atoms with E-state index in [1.54, 1.807) is 11.9 Å². The predicted octanol–water partition coefficient (Wildman–Crippen LogP) is 4.58. The van der Waals surface area contributed by atoms with Crippen molar-refractivity contribution >= 4 is 6.09 Å². The zero-order valence-corrected chi connectivity index (χ0v) is 13.5. The maximum Gasteiger partial charge on any atom is 0.410 e. The lowest BCUT2D eigenvalue weighted by Crippen LogP contribution is -2.26. The van der Waals surface area contributed by atoms with E-state index in [2.05, 4.69) is 38.1 Å². The largest absolute Gasteiger partial charge is 0.445 e. The summed E-state index contributed by atoms with van der Waals surface area (Å²) in [5, 5.41) is 0. The second kappa shape index (κ2) is 7.64. The van der Waals surface area contributed by atoms with Gasteiger partial charge in [0.05, 0.1) is 0 Å². The topological polar surface area (TPSA) is 29.5 Å². The first-order valence-electron chi connectivity index (χ1n) is 7.57. The molecular weight excluding hydrogens is 274 g/mol. The Morgan fingerprint density at radius 1 is 1.00 bits per heavy atom. The molecule has 0 atom stereocenters. The highest BCUT2D eigenvalue weighted by Gasteiger charge is 2.11. The molecule has 0 bridgehead atoms. The fourth-order valence-electron chi connectivity index (χ4n) is 2.18. The lowest BCUT2D eigenvalue weighted by Gasteiger charge is -2.17. The van der Waals surface area contributed by atoms with Crippen LogP contribution in [-0.4, -0.2) is 18.0 Å². The first-order chi connectivity index (χ1) is 10.6. The molecule has 116 valence electrons. The summed E-state index contributed by atoms with van der Waals surface area (Å²) in [6.45, 7) is 5.19.